The fourth-order valence-electron chi connectivity index (χ4n) is 0.364. The first kappa shape index (κ1) is 9.10. The van der Waals surface area contributed by atoms with Gasteiger partial charge in [0.2, 0.25) is 0 Å². The number of halogens is 1. The van der Waals surface area contributed by atoms with E-state index in [0.29, 0.717) is 4.48 Å². The standard InChI is InChI=1S/C6H6BrNO2/c1-3-5(7)6(4-2)8(9)10/h3-4H,1-2H2/b6-5-. The molecule has 0 aromatic heterocycles. The van der Waals surface area contributed by atoms with E-state index >= 15 is 0 Å². The van der Waals surface area contributed by atoms with Crippen LogP contribution in [0.5, 0.6) is 0 Å². The highest BCUT2D eigenvalue weighted by molar-refractivity contribution is 9.11. The van der Waals surface area contributed by atoms with Crippen LogP contribution in [-0.2, 0) is 0 Å². The zero-order valence-electron chi connectivity index (χ0n) is 5.21. The molecule has 0 bridgehead atoms. The van der Waals surface area contributed by atoms with Gasteiger partial charge in [0.25, 0.3) is 5.70 Å². The zero-order valence-corrected chi connectivity index (χ0v) is 6.80. The van der Waals surface area contributed by atoms with Crippen molar-refractivity contribution >= 4 is 15.9 Å². The summed E-state index contributed by atoms with van der Waals surface area (Å²) in [6, 6.07) is 0. The zero-order chi connectivity index (χ0) is 8.15. The Morgan fingerprint density at radius 1 is 1.50 bits per heavy atom. The highest BCUT2D eigenvalue weighted by Crippen LogP contribution is 2.13. The Morgan fingerprint density at radius 3 is 2.10 bits per heavy atom. The summed E-state index contributed by atoms with van der Waals surface area (Å²) in [4.78, 5) is 9.60. The van der Waals surface area contributed by atoms with E-state index in [1.54, 1.807) is 0 Å². The van der Waals surface area contributed by atoms with Crippen molar-refractivity contribution in [2.75, 3.05) is 0 Å². The molecule has 0 heterocycles. The van der Waals surface area contributed by atoms with Crippen LogP contribution in [0.1, 0.15) is 0 Å². The molecule has 54 valence electrons. The third kappa shape index (κ3) is 2.14. The second-order valence-corrected chi connectivity index (χ2v) is 2.25. The van der Waals surface area contributed by atoms with E-state index in [0.717, 1.165) is 6.08 Å². The summed E-state index contributed by atoms with van der Waals surface area (Å²) in [6.07, 6.45) is 2.51. The fraction of sp³-hybridized carbons (Fsp3) is 0. The Balaban J connectivity index is 4.79. The first-order chi connectivity index (χ1) is 4.63. The van der Waals surface area contributed by atoms with Gasteiger partial charge in [0.1, 0.15) is 0 Å². The van der Waals surface area contributed by atoms with Crippen molar-refractivity contribution < 1.29 is 4.92 Å². The summed E-state index contributed by atoms with van der Waals surface area (Å²) in [5.41, 5.74) is -0.0741. The minimum atomic E-state index is -0.529. The molecule has 0 aliphatic heterocycles. The van der Waals surface area contributed by atoms with Crippen molar-refractivity contribution in [3.8, 4) is 0 Å². The molecular formula is C6H6BrNO2. The predicted octanol–water partition coefficient (Wildman–Crippen LogP) is 2.24. The Labute approximate surface area is 67.0 Å². The van der Waals surface area contributed by atoms with Crippen LogP contribution in [0.4, 0.5) is 0 Å². The SMILES string of the molecule is C=C/C(Br)=C(\C=C)[N+](=O)[O-]. The predicted molar refractivity (Wildman–Crippen MR) is 43.3 cm³/mol. The summed E-state index contributed by atoms with van der Waals surface area (Å²) in [5, 5.41) is 10.1. The average Bonchev–Trinajstić information content (AvgIpc) is 1.88. The molecule has 0 unspecified atom stereocenters. The third-order valence-corrected chi connectivity index (χ3v) is 1.54. The molecule has 0 fully saturated rings. The summed E-state index contributed by atoms with van der Waals surface area (Å²) in [7, 11) is 0. The van der Waals surface area contributed by atoms with Crippen LogP contribution in [0, 0.1) is 10.1 Å². The number of nitro groups is 1. The van der Waals surface area contributed by atoms with Crippen molar-refractivity contribution in [2.24, 2.45) is 0 Å². The highest BCUT2D eigenvalue weighted by Gasteiger charge is 2.08. The lowest BCUT2D eigenvalue weighted by atomic mass is 10.4. The van der Waals surface area contributed by atoms with Gasteiger partial charge < -0.3 is 0 Å². The van der Waals surface area contributed by atoms with Gasteiger partial charge >= 0.3 is 0 Å². The number of rotatable bonds is 3. The molecule has 10 heavy (non-hydrogen) atoms. The molecule has 0 aliphatic carbocycles. The van der Waals surface area contributed by atoms with Gasteiger partial charge in [-0.1, -0.05) is 13.2 Å². The molecule has 0 amide bonds. The van der Waals surface area contributed by atoms with E-state index in [4.69, 9.17) is 0 Å². The third-order valence-electron chi connectivity index (χ3n) is 0.814. The van der Waals surface area contributed by atoms with E-state index in [9.17, 15) is 10.1 Å². The minimum absolute atomic E-state index is 0.0741. The minimum Gasteiger partial charge on any atom is -0.258 e. The number of allylic oxidation sites excluding steroid dienone is 3. The molecule has 0 saturated carbocycles. The Kier molecular flexibility index (Phi) is 3.64. The van der Waals surface area contributed by atoms with Gasteiger partial charge in [-0.2, -0.15) is 0 Å². The van der Waals surface area contributed by atoms with E-state index in [-0.39, 0.29) is 5.70 Å². The Hall–Kier alpha value is -0.900. The monoisotopic (exact) mass is 203 g/mol. The van der Waals surface area contributed by atoms with Crippen molar-refractivity contribution in [1.82, 2.24) is 0 Å². The van der Waals surface area contributed by atoms with Crippen LogP contribution in [0.25, 0.3) is 0 Å². The number of hydrogen-bond donors (Lipinski definition) is 0. The molecule has 3 nitrogen and oxygen atoms in total. The Bertz CT molecular complexity index is 208. The highest BCUT2D eigenvalue weighted by atomic mass is 79.9. The van der Waals surface area contributed by atoms with Crippen LogP contribution in [0.2, 0.25) is 0 Å². The van der Waals surface area contributed by atoms with E-state index in [1.807, 2.05) is 0 Å². The normalized spacial score (nSPS) is 11.7. The van der Waals surface area contributed by atoms with Crippen LogP contribution in [-0.4, -0.2) is 4.92 Å². The molecule has 0 radical (unpaired) electrons. The van der Waals surface area contributed by atoms with Gasteiger partial charge in [-0.05, 0) is 22.0 Å². The molecule has 0 aliphatic rings. The lowest BCUT2D eigenvalue weighted by molar-refractivity contribution is -0.419. The van der Waals surface area contributed by atoms with Crippen LogP contribution in [0.3, 0.4) is 0 Å². The summed E-state index contributed by atoms with van der Waals surface area (Å²) in [6.45, 7) is 6.63. The first-order valence-electron chi connectivity index (χ1n) is 2.42. The van der Waals surface area contributed by atoms with E-state index in [2.05, 4.69) is 29.1 Å². The van der Waals surface area contributed by atoms with Gasteiger partial charge in [0.15, 0.2) is 0 Å². The van der Waals surface area contributed by atoms with Gasteiger partial charge in [-0.3, -0.25) is 10.1 Å². The molecule has 0 atom stereocenters. The molecule has 0 saturated heterocycles. The van der Waals surface area contributed by atoms with Crippen molar-refractivity contribution in [2.45, 2.75) is 0 Å². The van der Waals surface area contributed by atoms with Crippen molar-refractivity contribution in [3.05, 3.63) is 45.6 Å². The number of hydrogen-bond acceptors (Lipinski definition) is 2. The molecular weight excluding hydrogens is 198 g/mol. The molecule has 0 spiro atoms. The van der Waals surface area contributed by atoms with E-state index < -0.39 is 4.92 Å². The largest absolute Gasteiger partial charge is 0.282 e. The smallest absolute Gasteiger partial charge is 0.258 e. The van der Waals surface area contributed by atoms with Crippen LogP contribution < -0.4 is 0 Å². The van der Waals surface area contributed by atoms with Gasteiger partial charge in [0, 0.05) is 6.08 Å². The van der Waals surface area contributed by atoms with Crippen molar-refractivity contribution in [3.63, 3.8) is 0 Å². The Morgan fingerprint density at radius 2 is 2.00 bits per heavy atom. The summed E-state index contributed by atoms with van der Waals surface area (Å²) < 4.78 is 0.340. The van der Waals surface area contributed by atoms with Crippen LogP contribution >= 0.6 is 15.9 Å². The number of nitrogens with zero attached hydrogens (tertiary/aromatic N) is 1. The topological polar surface area (TPSA) is 43.1 Å². The van der Waals surface area contributed by atoms with Crippen LogP contribution in [0.15, 0.2) is 35.5 Å². The summed E-state index contributed by atoms with van der Waals surface area (Å²) >= 11 is 2.95. The maximum atomic E-state index is 10.1. The van der Waals surface area contributed by atoms with Gasteiger partial charge in [-0.15, -0.1) is 0 Å². The lowest BCUT2D eigenvalue weighted by Gasteiger charge is -1.90. The van der Waals surface area contributed by atoms with E-state index in [1.165, 1.54) is 6.08 Å². The quantitative estimate of drug-likeness (QED) is 0.402. The first-order valence-corrected chi connectivity index (χ1v) is 3.21. The van der Waals surface area contributed by atoms with Gasteiger partial charge in [-0.25, -0.2) is 0 Å². The molecule has 0 aromatic carbocycles. The average molecular weight is 204 g/mol. The molecule has 4 heteroatoms. The maximum Gasteiger partial charge on any atom is 0.282 e. The van der Waals surface area contributed by atoms with Gasteiger partial charge in [0.05, 0.1) is 9.41 Å². The summed E-state index contributed by atoms with van der Waals surface area (Å²) in [5.74, 6) is 0. The molecule has 0 rings (SSSR count). The second kappa shape index (κ2) is 4.00. The maximum absolute atomic E-state index is 10.1. The molecule has 0 N–H and O–H groups in total. The molecule has 0 aromatic rings. The fourth-order valence-corrected chi connectivity index (χ4v) is 0.670. The second-order valence-electron chi connectivity index (χ2n) is 1.40. The van der Waals surface area contributed by atoms with Crippen molar-refractivity contribution in [1.29, 1.82) is 0 Å². The lowest BCUT2D eigenvalue weighted by Crippen LogP contribution is -1.95.